The molecule has 1 aliphatic carbocycles. The molecule has 0 aliphatic heterocycles. The zero-order valence-corrected chi connectivity index (χ0v) is 27.6. The van der Waals surface area contributed by atoms with Crippen molar-refractivity contribution in [2.45, 2.75) is 97.9 Å². The highest BCUT2D eigenvalue weighted by atomic mass is 28.3. The van der Waals surface area contributed by atoms with Crippen LogP contribution in [0, 0.1) is 11.2 Å². The van der Waals surface area contributed by atoms with Gasteiger partial charge in [0.05, 0.1) is 16.9 Å². The molecule has 0 radical (unpaired) electrons. The molecule has 0 atom stereocenters. The molecule has 0 saturated heterocycles. The van der Waals surface area contributed by atoms with Crippen molar-refractivity contribution in [3.8, 4) is 11.4 Å². The molecular formula is C30H49FN4O2Si2. The van der Waals surface area contributed by atoms with Gasteiger partial charge in [0.2, 0.25) is 0 Å². The van der Waals surface area contributed by atoms with Crippen molar-refractivity contribution in [3.63, 3.8) is 0 Å². The normalized spacial score (nSPS) is 15.6. The molecule has 9 heteroatoms. The van der Waals surface area contributed by atoms with Gasteiger partial charge in [-0.1, -0.05) is 53.1 Å². The highest BCUT2D eigenvalue weighted by Gasteiger charge is 2.32. The Labute approximate surface area is 236 Å². The van der Waals surface area contributed by atoms with Crippen LogP contribution >= 0.6 is 0 Å². The average molecular weight is 573 g/mol. The summed E-state index contributed by atoms with van der Waals surface area (Å²) in [6.07, 6.45) is 3.06. The Kier molecular flexibility index (Phi) is 8.86. The average Bonchev–Trinajstić information content (AvgIpc) is 3.34. The minimum Gasteiger partial charge on any atom is -0.386 e. The summed E-state index contributed by atoms with van der Waals surface area (Å²) in [6.45, 7) is 21.3. The van der Waals surface area contributed by atoms with Crippen LogP contribution in [0.25, 0.3) is 22.3 Å². The lowest BCUT2D eigenvalue weighted by atomic mass is 9.76. The number of nitrogens with zero attached hydrogens (tertiary/aromatic N) is 3. The lowest BCUT2D eigenvalue weighted by Crippen LogP contribution is -2.25. The third kappa shape index (κ3) is 7.42. The van der Waals surface area contributed by atoms with Gasteiger partial charge in [0.15, 0.2) is 0 Å². The van der Waals surface area contributed by atoms with Crippen molar-refractivity contribution in [2.75, 3.05) is 25.6 Å². The van der Waals surface area contributed by atoms with Gasteiger partial charge in [-0.2, -0.15) is 5.10 Å². The van der Waals surface area contributed by atoms with E-state index in [1.165, 1.54) is 11.3 Å². The summed E-state index contributed by atoms with van der Waals surface area (Å²) in [6, 6.07) is 7.83. The molecule has 1 N–H and O–H groups in total. The molecule has 3 aromatic rings. The van der Waals surface area contributed by atoms with Gasteiger partial charge in [0, 0.05) is 53.1 Å². The van der Waals surface area contributed by atoms with E-state index >= 15 is 0 Å². The first-order valence-electron chi connectivity index (χ1n) is 14.4. The van der Waals surface area contributed by atoms with Crippen LogP contribution in [0.1, 0.15) is 31.5 Å². The Balaban J connectivity index is 1.74. The molecule has 4 rings (SSSR count). The van der Waals surface area contributed by atoms with E-state index in [0.717, 1.165) is 66.9 Å². The van der Waals surface area contributed by atoms with Crippen LogP contribution in [0.15, 0.2) is 18.2 Å². The maximum atomic E-state index is 14.8. The Morgan fingerprint density at radius 3 is 2.23 bits per heavy atom. The molecule has 2 aromatic heterocycles. The smallest absolute Gasteiger partial charge is 0.147 e. The Morgan fingerprint density at radius 1 is 0.974 bits per heavy atom. The monoisotopic (exact) mass is 572 g/mol. The van der Waals surface area contributed by atoms with E-state index in [0.29, 0.717) is 19.1 Å². The van der Waals surface area contributed by atoms with E-state index in [1.807, 2.05) is 6.07 Å². The number of rotatable bonds is 12. The van der Waals surface area contributed by atoms with Gasteiger partial charge in [-0.15, -0.1) is 0 Å². The van der Waals surface area contributed by atoms with E-state index in [2.05, 4.69) is 73.8 Å². The molecule has 0 unspecified atom stereocenters. The lowest BCUT2D eigenvalue weighted by Gasteiger charge is -2.30. The number of ether oxygens (including phenoxy) is 2. The van der Waals surface area contributed by atoms with Gasteiger partial charge in [-0.3, -0.25) is 0 Å². The fourth-order valence-corrected chi connectivity index (χ4v) is 6.70. The first kappa shape index (κ1) is 30.0. The first-order chi connectivity index (χ1) is 18.2. The molecule has 0 bridgehead atoms. The predicted octanol–water partition coefficient (Wildman–Crippen LogP) is 7.83. The van der Waals surface area contributed by atoms with Gasteiger partial charge in [-0.25, -0.2) is 9.07 Å². The molecule has 2 heterocycles. The second kappa shape index (κ2) is 11.5. The Bertz CT molecular complexity index is 1300. The van der Waals surface area contributed by atoms with E-state index in [-0.39, 0.29) is 11.2 Å². The topological polar surface area (TPSA) is 53.2 Å². The number of halogens is 1. The van der Waals surface area contributed by atoms with Gasteiger partial charge < -0.3 is 19.4 Å². The summed E-state index contributed by atoms with van der Waals surface area (Å²) >= 11 is 0. The standard InChI is InChI=1S/C30H49FN4O2Si2/c1-30(2)11-10-23-28(19-30)35(21-37-13-15-39(7,8)9)33-29(23)27-17-22-16-24(31)25(32-3)18-26(22)34(27)20-36-12-14-38(4,5)6/h16-18,32H,10-15,19-21H2,1-9H3. The quantitative estimate of drug-likeness (QED) is 0.178. The molecule has 216 valence electrons. The van der Waals surface area contributed by atoms with Crippen molar-refractivity contribution in [1.29, 1.82) is 0 Å². The fraction of sp³-hybridized carbons (Fsp3) is 0.633. The molecular weight excluding hydrogens is 524 g/mol. The molecule has 0 saturated carbocycles. The number of hydrogen-bond donors (Lipinski definition) is 1. The van der Waals surface area contributed by atoms with Crippen LogP contribution in [-0.2, 0) is 35.8 Å². The van der Waals surface area contributed by atoms with E-state index in [1.54, 1.807) is 13.1 Å². The van der Waals surface area contributed by atoms with E-state index < -0.39 is 16.1 Å². The van der Waals surface area contributed by atoms with Crippen molar-refractivity contribution in [1.82, 2.24) is 14.3 Å². The van der Waals surface area contributed by atoms with Crippen molar-refractivity contribution in [2.24, 2.45) is 5.41 Å². The maximum absolute atomic E-state index is 14.8. The minimum absolute atomic E-state index is 0.220. The highest BCUT2D eigenvalue weighted by Crippen LogP contribution is 2.41. The summed E-state index contributed by atoms with van der Waals surface area (Å²) < 4.78 is 31.5. The first-order valence-corrected chi connectivity index (χ1v) is 21.8. The lowest BCUT2D eigenvalue weighted by molar-refractivity contribution is 0.0747. The number of aromatic nitrogens is 3. The Hall–Kier alpha value is -1.95. The summed E-state index contributed by atoms with van der Waals surface area (Å²) in [7, 11) is -0.624. The molecule has 0 amide bonds. The summed E-state index contributed by atoms with van der Waals surface area (Å²) in [5.41, 5.74) is 6.19. The Morgan fingerprint density at radius 2 is 1.62 bits per heavy atom. The zero-order chi connectivity index (χ0) is 28.6. The number of nitrogens with one attached hydrogen (secondary N) is 1. The SMILES string of the molecule is CNc1cc2c(cc1F)cc(-c1nn(COCC[Si](C)(C)C)c3c1CCC(C)(C)C3)n2COCC[Si](C)(C)C. The van der Waals surface area contributed by atoms with Crippen LogP contribution in [0.2, 0.25) is 51.4 Å². The molecule has 39 heavy (non-hydrogen) atoms. The van der Waals surface area contributed by atoms with E-state index in [4.69, 9.17) is 14.6 Å². The second-order valence-corrected chi connectivity index (χ2v) is 25.7. The van der Waals surface area contributed by atoms with Crippen LogP contribution < -0.4 is 5.32 Å². The largest absolute Gasteiger partial charge is 0.386 e. The van der Waals surface area contributed by atoms with Crippen LogP contribution in [0.5, 0.6) is 0 Å². The minimum atomic E-state index is -1.21. The van der Waals surface area contributed by atoms with Gasteiger partial charge in [-0.05, 0) is 55.0 Å². The maximum Gasteiger partial charge on any atom is 0.147 e. The van der Waals surface area contributed by atoms with Crippen LogP contribution in [-0.4, -0.2) is 50.8 Å². The molecule has 1 aromatic carbocycles. The highest BCUT2D eigenvalue weighted by molar-refractivity contribution is 6.76. The van der Waals surface area contributed by atoms with Gasteiger partial charge in [0.25, 0.3) is 0 Å². The number of hydrogen-bond acceptors (Lipinski definition) is 4. The zero-order valence-electron chi connectivity index (χ0n) is 25.6. The third-order valence-electron chi connectivity index (χ3n) is 7.79. The fourth-order valence-electron chi connectivity index (χ4n) is 5.18. The van der Waals surface area contributed by atoms with Gasteiger partial charge >= 0.3 is 0 Å². The van der Waals surface area contributed by atoms with Crippen LogP contribution in [0.4, 0.5) is 10.1 Å². The third-order valence-corrected chi connectivity index (χ3v) is 11.2. The van der Waals surface area contributed by atoms with Gasteiger partial charge in [0.1, 0.15) is 25.0 Å². The molecule has 1 aliphatic rings. The second-order valence-electron chi connectivity index (χ2n) is 14.4. The molecule has 0 spiro atoms. The number of fused-ring (bicyclic) bond motifs is 2. The van der Waals surface area contributed by atoms with Crippen LogP contribution in [0.3, 0.4) is 0 Å². The molecule has 0 fully saturated rings. The number of anilines is 1. The predicted molar refractivity (Wildman–Crippen MR) is 167 cm³/mol. The summed E-state index contributed by atoms with van der Waals surface area (Å²) in [5, 5.41) is 9.03. The summed E-state index contributed by atoms with van der Waals surface area (Å²) in [4.78, 5) is 0. The summed E-state index contributed by atoms with van der Waals surface area (Å²) in [5.74, 6) is -0.251. The van der Waals surface area contributed by atoms with Crippen molar-refractivity contribution >= 4 is 32.7 Å². The number of benzene rings is 1. The van der Waals surface area contributed by atoms with Crippen molar-refractivity contribution < 1.29 is 13.9 Å². The van der Waals surface area contributed by atoms with Crippen molar-refractivity contribution in [3.05, 3.63) is 35.3 Å². The molecule has 6 nitrogen and oxygen atoms in total. The van der Waals surface area contributed by atoms with E-state index in [9.17, 15) is 4.39 Å².